The Morgan fingerprint density at radius 1 is 1.09 bits per heavy atom. The molecule has 0 aliphatic carbocycles. The molecule has 0 radical (unpaired) electrons. The standard InChI is InChI=1S/C25H26BrNO5/c1-25(2,3)32-24(29)21(14-28)27-20-13-22(31-15-16-8-6-5-7-9-16)18-11-10-17(30-4)12-19(18)23(20)26/h5-14,21,27H,15H2,1-4H3. The van der Waals surface area contributed by atoms with E-state index in [0.717, 1.165) is 16.3 Å². The van der Waals surface area contributed by atoms with Crippen molar-refractivity contribution in [1.29, 1.82) is 0 Å². The third-order valence-electron chi connectivity index (χ3n) is 4.59. The number of ether oxygens (including phenoxy) is 3. The second kappa shape index (κ2) is 10.0. The molecule has 6 nitrogen and oxygen atoms in total. The molecule has 0 saturated heterocycles. The number of fused-ring (bicyclic) bond motifs is 1. The lowest BCUT2D eigenvalue weighted by Gasteiger charge is -2.23. The second-order valence-corrected chi connectivity index (χ2v) is 9.01. The second-order valence-electron chi connectivity index (χ2n) is 8.21. The van der Waals surface area contributed by atoms with Crippen LogP contribution in [-0.2, 0) is 20.9 Å². The summed E-state index contributed by atoms with van der Waals surface area (Å²) in [4.78, 5) is 24.2. The first-order chi connectivity index (χ1) is 15.2. The van der Waals surface area contributed by atoms with Crippen LogP contribution >= 0.6 is 15.9 Å². The molecule has 168 valence electrons. The molecule has 7 heteroatoms. The van der Waals surface area contributed by atoms with Crippen LogP contribution < -0.4 is 14.8 Å². The molecule has 32 heavy (non-hydrogen) atoms. The van der Waals surface area contributed by atoms with E-state index in [1.807, 2.05) is 48.5 Å². The molecule has 3 aromatic carbocycles. The fraction of sp³-hybridized carbons (Fsp3) is 0.280. The summed E-state index contributed by atoms with van der Waals surface area (Å²) in [5.74, 6) is 0.617. The number of carbonyl (C=O) groups excluding carboxylic acids is 2. The number of anilines is 1. The van der Waals surface area contributed by atoms with E-state index in [2.05, 4.69) is 21.2 Å². The Morgan fingerprint density at radius 2 is 1.81 bits per heavy atom. The first-order valence-electron chi connectivity index (χ1n) is 10.1. The predicted molar refractivity (Wildman–Crippen MR) is 128 cm³/mol. The van der Waals surface area contributed by atoms with Crippen molar-refractivity contribution < 1.29 is 23.8 Å². The van der Waals surface area contributed by atoms with Gasteiger partial charge in [0.2, 0.25) is 0 Å². The van der Waals surface area contributed by atoms with Crippen LogP contribution in [-0.4, -0.2) is 31.0 Å². The molecule has 0 aliphatic heterocycles. The summed E-state index contributed by atoms with van der Waals surface area (Å²) in [6.07, 6.45) is 0.529. The van der Waals surface area contributed by atoms with Gasteiger partial charge < -0.3 is 24.3 Å². The van der Waals surface area contributed by atoms with E-state index in [4.69, 9.17) is 14.2 Å². The van der Waals surface area contributed by atoms with Crippen molar-refractivity contribution in [2.45, 2.75) is 39.0 Å². The number of methoxy groups -OCH3 is 1. The monoisotopic (exact) mass is 499 g/mol. The predicted octanol–water partition coefficient (Wildman–Crippen LogP) is 5.51. The van der Waals surface area contributed by atoms with Gasteiger partial charge >= 0.3 is 5.97 Å². The van der Waals surface area contributed by atoms with Crippen molar-refractivity contribution in [2.24, 2.45) is 0 Å². The lowest BCUT2D eigenvalue weighted by atomic mass is 10.1. The van der Waals surface area contributed by atoms with E-state index in [9.17, 15) is 9.59 Å². The number of benzene rings is 3. The lowest BCUT2D eigenvalue weighted by Crippen LogP contribution is -2.37. The zero-order valence-electron chi connectivity index (χ0n) is 18.5. The molecule has 0 aliphatic rings. The fourth-order valence-corrected chi connectivity index (χ4v) is 3.66. The highest BCUT2D eigenvalue weighted by atomic mass is 79.9. The molecule has 3 rings (SSSR count). The first-order valence-corrected chi connectivity index (χ1v) is 10.9. The van der Waals surface area contributed by atoms with E-state index in [-0.39, 0.29) is 0 Å². The fourth-order valence-electron chi connectivity index (χ4n) is 3.11. The topological polar surface area (TPSA) is 73.9 Å². The number of nitrogens with one attached hydrogen (secondary N) is 1. The highest BCUT2D eigenvalue weighted by molar-refractivity contribution is 9.10. The number of aldehydes is 1. The summed E-state index contributed by atoms with van der Waals surface area (Å²) < 4.78 is 17.5. The van der Waals surface area contributed by atoms with Crippen LogP contribution in [0.3, 0.4) is 0 Å². The average molecular weight is 500 g/mol. The lowest BCUT2D eigenvalue weighted by molar-refractivity contribution is -0.156. The quantitative estimate of drug-likeness (QED) is 0.250. The van der Waals surface area contributed by atoms with Crippen LogP contribution in [0.2, 0.25) is 0 Å². The van der Waals surface area contributed by atoms with Gasteiger partial charge in [0.25, 0.3) is 0 Å². The summed E-state index contributed by atoms with van der Waals surface area (Å²) in [5.41, 5.74) is 0.834. The first kappa shape index (κ1) is 23.6. The average Bonchev–Trinajstić information content (AvgIpc) is 2.77. The van der Waals surface area contributed by atoms with Gasteiger partial charge in [0, 0.05) is 21.3 Å². The maximum absolute atomic E-state index is 12.5. The van der Waals surface area contributed by atoms with Crippen molar-refractivity contribution in [3.05, 3.63) is 64.6 Å². The summed E-state index contributed by atoms with van der Waals surface area (Å²) in [7, 11) is 1.59. The van der Waals surface area contributed by atoms with Crippen LogP contribution in [0.1, 0.15) is 26.3 Å². The van der Waals surface area contributed by atoms with Gasteiger partial charge in [-0.25, -0.2) is 4.79 Å². The van der Waals surface area contributed by atoms with Gasteiger partial charge in [0.15, 0.2) is 12.3 Å². The van der Waals surface area contributed by atoms with E-state index < -0.39 is 17.6 Å². The van der Waals surface area contributed by atoms with Crippen LogP contribution in [0.15, 0.2) is 59.1 Å². The number of hydrogen-bond acceptors (Lipinski definition) is 6. The molecule has 0 amide bonds. The normalized spacial score (nSPS) is 12.2. The van der Waals surface area contributed by atoms with Gasteiger partial charge in [0.1, 0.15) is 23.7 Å². The molecule has 1 atom stereocenters. The number of halogens is 1. The maximum atomic E-state index is 12.5. The van der Waals surface area contributed by atoms with E-state index >= 15 is 0 Å². The summed E-state index contributed by atoms with van der Waals surface area (Å²) in [6.45, 7) is 5.62. The van der Waals surface area contributed by atoms with Crippen molar-refractivity contribution in [2.75, 3.05) is 12.4 Å². The molecule has 0 spiro atoms. The van der Waals surface area contributed by atoms with Crippen molar-refractivity contribution in [1.82, 2.24) is 0 Å². The van der Waals surface area contributed by atoms with E-state index in [1.165, 1.54) is 0 Å². The van der Waals surface area contributed by atoms with Gasteiger partial charge in [-0.05, 0) is 60.5 Å². The molecular weight excluding hydrogens is 474 g/mol. The molecule has 0 heterocycles. The SMILES string of the molecule is COc1ccc2c(OCc3ccccc3)cc(NC(C=O)C(=O)OC(C)(C)C)c(Br)c2c1. The molecule has 1 N–H and O–H groups in total. The molecule has 0 aromatic heterocycles. The van der Waals surface area contributed by atoms with Crippen molar-refractivity contribution >= 4 is 44.6 Å². The molecule has 0 fully saturated rings. The minimum atomic E-state index is -1.17. The Morgan fingerprint density at radius 3 is 2.44 bits per heavy atom. The Balaban J connectivity index is 2.00. The molecule has 1 unspecified atom stereocenters. The van der Waals surface area contributed by atoms with Gasteiger partial charge in [-0.2, -0.15) is 0 Å². The van der Waals surface area contributed by atoms with Crippen LogP contribution in [0, 0.1) is 0 Å². The third kappa shape index (κ3) is 5.79. The van der Waals surface area contributed by atoms with Crippen molar-refractivity contribution in [3.8, 4) is 11.5 Å². The largest absolute Gasteiger partial charge is 0.497 e. The van der Waals surface area contributed by atoms with Gasteiger partial charge in [-0.3, -0.25) is 0 Å². The zero-order chi connectivity index (χ0) is 23.3. The molecular formula is C25H26BrNO5. The Labute approximate surface area is 196 Å². The zero-order valence-corrected chi connectivity index (χ0v) is 20.1. The van der Waals surface area contributed by atoms with E-state index in [0.29, 0.717) is 34.6 Å². The molecule has 0 bridgehead atoms. The number of esters is 1. The summed E-state index contributed by atoms with van der Waals surface area (Å²) >= 11 is 3.60. The minimum Gasteiger partial charge on any atom is -0.497 e. The number of carbonyl (C=O) groups is 2. The smallest absolute Gasteiger partial charge is 0.336 e. The van der Waals surface area contributed by atoms with E-state index in [1.54, 1.807) is 33.9 Å². The van der Waals surface area contributed by atoms with Gasteiger partial charge in [0.05, 0.1) is 12.8 Å². The van der Waals surface area contributed by atoms with Crippen LogP contribution in [0.25, 0.3) is 10.8 Å². The minimum absolute atomic E-state index is 0.367. The molecule has 3 aromatic rings. The number of rotatable bonds is 8. The summed E-state index contributed by atoms with van der Waals surface area (Å²) in [5, 5.41) is 4.65. The number of hydrogen-bond donors (Lipinski definition) is 1. The Kier molecular flexibility index (Phi) is 7.40. The van der Waals surface area contributed by atoms with Gasteiger partial charge in [-0.15, -0.1) is 0 Å². The van der Waals surface area contributed by atoms with Gasteiger partial charge in [-0.1, -0.05) is 30.3 Å². The maximum Gasteiger partial charge on any atom is 0.336 e. The Hall–Kier alpha value is -3.06. The highest BCUT2D eigenvalue weighted by Crippen LogP contribution is 2.40. The van der Waals surface area contributed by atoms with Crippen LogP contribution in [0.5, 0.6) is 11.5 Å². The van der Waals surface area contributed by atoms with Crippen LogP contribution in [0.4, 0.5) is 5.69 Å². The highest BCUT2D eigenvalue weighted by Gasteiger charge is 2.26. The third-order valence-corrected chi connectivity index (χ3v) is 5.44. The summed E-state index contributed by atoms with van der Waals surface area (Å²) in [6, 6.07) is 16.0. The van der Waals surface area contributed by atoms with Crippen molar-refractivity contribution in [3.63, 3.8) is 0 Å². The molecule has 0 saturated carbocycles. The Bertz CT molecular complexity index is 1110.